The zero-order valence-corrected chi connectivity index (χ0v) is 13.8. The molecule has 0 unspecified atom stereocenters. The van der Waals surface area contributed by atoms with Crippen molar-refractivity contribution >= 4 is 11.0 Å². The highest BCUT2D eigenvalue weighted by Crippen LogP contribution is 2.33. The first-order chi connectivity index (χ1) is 12.3. The van der Waals surface area contributed by atoms with Gasteiger partial charge in [0.25, 0.3) is 0 Å². The van der Waals surface area contributed by atoms with Gasteiger partial charge in [-0.2, -0.15) is 9.97 Å². The largest absolute Gasteiger partial charge is 0.480 e. The molecule has 4 rings (SSSR count). The molecule has 0 atom stereocenters. The number of aromatic nitrogens is 6. The van der Waals surface area contributed by atoms with Crippen LogP contribution < -0.4 is 9.47 Å². The first kappa shape index (κ1) is 15.1. The van der Waals surface area contributed by atoms with Crippen molar-refractivity contribution in [2.45, 2.75) is 6.54 Å². The number of nitrogens with one attached hydrogen (secondary N) is 1. The average molecular weight is 336 g/mol. The van der Waals surface area contributed by atoms with Gasteiger partial charge >= 0.3 is 6.01 Å². The Morgan fingerprint density at radius 2 is 1.92 bits per heavy atom. The van der Waals surface area contributed by atoms with Gasteiger partial charge in [-0.1, -0.05) is 35.5 Å². The summed E-state index contributed by atoms with van der Waals surface area (Å²) >= 11 is 0. The zero-order valence-electron chi connectivity index (χ0n) is 13.8. The van der Waals surface area contributed by atoms with E-state index in [-0.39, 0.29) is 6.01 Å². The van der Waals surface area contributed by atoms with Gasteiger partial charge in [-0.3, -0.25) is 0 Å². The van der Waals surface area contributed by atoms with E-state index in [2.05, 4.69) is 37.4 Å². The number of rotatable bonds is 5. The molecule has 0 bridgehead atoms. The number of benzene rings is 1. The molecule has 1 aromatic carbocycles. The Bertz CT molecular complexity index is 1010. The third-order valence-corrected chi connectivity index (χ3v) is 3.86. The van der Waals surface area contributed by atoms with Crippen molar-refractivity contribution in [3.8, 4) is 23.1 Å². The van der Waals surface area contributed by atoms with Crippen LogP contribution in [0.15, 0.2) is 42.7 Å². The summed E-state index contributed by atoms with van der Waals surface area (Å²) in [4.78, 5) is 11.6. The van der Waals surface area contributed by atoms with Crippen molar-refractivity contribution in [3.05, 3.63) is 48.3 Å². The summed E-state index contributed by atoms with van der Waals surface area (Å²) in [5.41, 5.74) is 3.32. The van der Waals surface area contributed by atoms with Gasteiger partial charge in [0.15, 0.2) is 0 Å². The molecular weight excluding hydrogens is 320 g/mol. The van der Waals surface area contributed by atoms with Crippen molar-refractivity contribution in [2.75, 3.05) is 14.2 Å². The Hall–Kier alpha value is -3.42. The molecular formula is C17H16N6O2. The maximum atomic E-state index is 5.39. The second kappa shape index (κ2) is 6.23. The standard InChI is InChI=1S/C17H16N6O2/c1-24-16-14-12(8-18-15(14)19-17(20-16)25-2)13-10-23(22-21-13)9-11-6-4-3-5-7-11/h3-8,10H,9H2,1-2H3,(H,18,19,20). The summed E-state index contributed by atoms with van der Waals surface area (Å²) in [7, 11) is 3.07. The van der Waals surface area contributed by atoms with Crippen LogP contribution in [0.25, 0.3) is 22.3 Å². The normalized spacial score (nSPS) is 11.0. The lowest BCUT2D eigenvalue weighted by atomic mass is 10.2. The monoisotopic (exact) mass is 336 g/mol. The number of H-pyrrole nitrogens is 1. The van der Waals surface area contributed by atoms with Gasteiger partial charge in [-0.05, 0) is 5.56 Å². The van der Waals surface area contributed by atoms with Crippen molar-refractivity contribution in [3.63, 3.8) is 0 Å². The molecule has 3 heterocycles. The number of aromatic amines is 1. The van der Waals surface area contributed by atoms with E-state index in [1.807, 2.05) is 30.6 Å². The minimum absolute atomic E-state index is 0.241. The second-order valence-corrected chi connectivity index (χ2v) is 5.43. The molecule has 3 aromatic heterocycles. The third kappa shape index (κ3) is 2.78. The maximum Gasteiger partial charge on any atom is 0.321 e. The van der Waals surface area contributed by atoms with E-state index in [9.17, 15) is 0 Å². The number of hydrogen-bond acceptors (Lipinski definition) is 6. The molecule has 0 amide bonds. The van der Waals surface area contributed by atoms with Crippen molar-refractivity contribution in [1.29, 1.82) is 0 Å². The van der Waals surface area contributed by atoms with Crippen molar-refractivity contribution in [1.82, 2.24) is 29.9 Å². The van der Waals surface area contributed by atoms with Crippen LogP contribution in [0.5, 0.6) is 11.9 Å². The van der Waals surface area contributed by atoms with Gasteiger partial charge in [-0.25, -0.2) is 4.68 Å². The van der Waals surface area contributed by atoms with Crippen molar-refractivity contribution < 1.29 is 9.47 Å². The lowest BCUT2D eigenvalue weighted by molar-refractivity contribution is 0.357. The molecule has 126 valence electrons. The molecule has 0 aliphatic carbocycles. The van der Waals surface area contributed by atoms with E-state index in [4.69, 9.17) is 9.47 Å². The SMILES string of the molecule is COc1nc(OC)c2c(-c3cn(Cc4ccccc4)nn3)c[nH]c2n1. The molecule has 0 saturated carbocycles. The quantitative estimate of drug-likeness (QED) is 0.601. The first-order valence-electron chi connectivity index (χ1n) is 7.70. The highest BCUT2D eigenvalue weighted by molar-refractivity contribution is 5.96. The Morgan fingerprint density at radius 1 is 1.08 bits per heavy atom. The van der Waals surface area contributed by atoms with Gasteiger partial charge < -0.3 is 14.5 Å². The molecule has 0 radical (unpaired) electrons. The summed E-state index contributed by atoms with van der Waals surface area (Å²) in [6.45, 7) is 0.650. The predicted molar refractivity (Wildman–Crippen MR) is 91.6 cm³/mol. The number of nitrogens with zero attached hydrogens (tertiary/aromatic N) is 5. The summed E-state index contributed by atoms with van der Waals surface area (Å²) in [6, 6.07) is 10.3. The van der Waals surface area contributed by atoms with Crippen LogP contribution in [-0.4, -0.2) is 44.2 Å². The molecule has 0 fully saturated rings. The average Bonchev–Trinajstić information content (AvgIpc) is 3.28. The van der Waals surface area contributed by atoms with E-state index >= 15 is 0 Å². The molecule has 1 N–H and O–H groups in total. The van der Waals surface area contributed by atoms with Crippen molar-refractivity contribution in [2.24, 2.45) is 0 Å². The molecule has 8 heteroatoms. The minimum Gasteiger partial charge on any atom is -0.480 e. The second-order valence-electron chi connectivity index (χ2n) is 5.43. The molecule has 0 aliphatic heterocycles. The summed E-state index contributed by atoms with van der Waals surface area (Å²) in [5, 5.41) is 9.23. The van der Waals surface area contributed by atoms with Gasteiger partial charge in [-0.15, -0.1) is 5.10 Å². The Labute approximate surface area is 143 Å². The summed E-state index contributed by atoms with van der Waals surface area (Å²) in [5.74, 6) is 0.427. The fraction of sp³-hybridized carbons (Fsp3) is 0.176. The van der Waals surface area contributed by atoms with Crippen LogP contribution in [0.1, 0.15) is 5.56 Å². The first-order valence-corrected chi connectivity index (χ1v) is 7.70. The summed E-state index contributed by atoms with van der Waals surface area (Å²) < 4.78 is 12.3. The predicted octanol–water partition coefficient (Wildman–Crippen LogP) is 2.28. The fourth-order valence-corrected chi connectivity index (χ4v) is 2.69. The maximum absolute atomic E-state index is 5.39. The highest BCUT2D eigenvalue weighted by Gasteiger charge is 2.18. The Morgan fingerprint density at radius 3 is 2.68 bits per heavy atom. The third-order valence-electron chi connectivity index (χ3n) is 3.86. The van der Waals surface area contributed by atoms with Crippen LogP contribution in [0.4, 0.5) is 0 Å². The lowest BCUT2D eigenvalue weighted by Gasteiger charge is -2.04. The molecule has 25 heavy (non-hydrogen) atoms. The van der Waals surface area contributed by atoms with Crippen LogP contribution in [0.3, 0.4) is 0 Å². The Kier molecular flexibility index (Phi) is 3.77. The molecule has 0 aliphatic rings. The van der Waals surface area contributed by atoms with E-state index < -0.39 is 0 Å². The smallest absolute Gasteiger partial charge is 0.321 e. The summed E-state index contributed by atoms with van der Waals surface area (Å²) in [6.07, 6.45) is 3.71. The highest BCUT2D eigenvalue weighted by atomic mass is 16.5. The molecule has 0 spiro atoms. The molecule has 4 aromatic rings. The molecule has 8 nitrogen and oxygen atoms in total. The van der Waals surface area contributed by atoms with E-state index in [1.54, 1.807) is 11.8 Å². The van der Waals surface area contributed by atoms with Crippen LogP contribution >= 0.6 is 0 Å². The van der Waals surface area contributed by atoms with Crippen LogP contribution in [0.2, 0.25) is 0 Å². The molecule has 0 saturated heterocycles. The number of ether oxygens (including phenoxy) is 2. The number of hydrogen-bond donors (Lipinski definition) is 1. The Balaban J connectivity index is 1.73. The lowest BCUT2D eigenvalue weighted by Crippen LogP contribution is -1.99. The zero-order chi connectivity index (χ0) is 17.2. The van der Waals surface area contributed by atoms with Crippen LogP contribution in [0, 0.1) is 0 Å². The van der Waals surface area contributed by atoms with Crippen LogP contribution in [-0.2, 0) is 6.54 Å². The van der Waals surface area contributed by atoms with E-state index in [0.717, 1.165) is 16.5 Å². The number of methoxy groups -OCH3 is 2. The fourth-order valence-electron chi connectivity index (χ4n) is 2.69. The van der Waals surface area contributed by atoms with E-state index in [1.165, 1.54) is 7.11 Å². The number of fused-ring (bicyclic) bond motifs is 1. The van der Waals surface area contributed by atoms with Gasteiger partial charge in [0.1, 0.15) is 11.3 Å². The minimum atomic E-state index is 0.241. The van der Waals surface area contributed by atoms with Gasteiger partial charge in [0.2, 0.25) is 5.88 Å². The van der Waals surface area contributed by atoms with Gasteiger partial charge in [0, 0.05) is 11.8 Å². The van der Waals surface area contributed by atoms with Gasteiger partial charge in [0.05, 0.1) is 32.3 Å². The topological polar surface area (TPSA) is 90.7 Å². The van der Waals surface area contributed by atoms with E-state index in [0.29, 0.717) is 23.8 Å².